The third-order valence-corrected chi connectivity index (χ3v) is 5.57. The summed E-state index contributed by atoms with van der Waals surface area (Å²) in [6.45, 7) is 2.34. The second-order valence-corrected chi connectivity index (χ2v) is 8.18. The van der Waals surface area contributed by atoms with Crippen molar-refractivity contribution >= 4 is 39.3 Å². The predicted octanol–water partition coefficient (Wildman–Crippen LogP) is 3.19. The van der Waals surface area contributed by atoms with Crippen LogP contribution in [0.15, 0.2) is 54.6 Å². The molecule has 0 radical (unpaired) electrons. The minimum absolute atomic E-state index is 0.0567. The van der Waals surface area contributed by atoms with Crippen LogP contribution in [0.3, 0.4) is 0 Å². The zero-order valence-corrected chi connectivity index (χ0v) is 17.4. The molecule has 1 heterocycles. The van der Waals surface area contributed by atoms with Gasteiger partial charge in [0.25, 0.3) is 17.2 Å². The Bertz CT molecular complexity index is 1010. The van der Waals surface area contributed by atoms with E-state index >= 15 is 0 Å². The first-order chi connectivity index (χ1) is 14.0. The van der Waals surface area contributed by atoms with E-state index in [4.69, 9.17) is 4.55 Å². The molecule has 29 heavy (non-hydrogen) atoms. The number of carbonyl (C=O) groups excluding carboxylic acids is 1. The number of hydrogen-bond donors (Lipinski definition) is 3. The second-order valence-electron chi connectivity index (χ2n) is 6.30. The van der Waals surface area contributed by atoms with Crippen molar-refractivity contribution < 1.29 is 18.7 Å². The minimum Gasteiger partial charge on any atom is -0.396 e. The Balaban J connectivity index is 2.00. The number of aryl methyl sites for hydroxylation is 1. The first-order valence-electron chi connectivity index (χ1n) is 8.88. The summed E-state index contributed by atoms with van der Waals surface area (Å²) in [4.78, 5) is 19.3. The predicted molar refractivity (Wildman–Crippen MR) is 115 cm³/mol. The fourth-order valence-corrected chi connectivity index (χ4v) is 4.06. The number of benzene rings is 2. The molecular formula is C20H21N3O4S2. The molecule has 1 aromatic heterocycles. The van der Waals surface area contributed by atoms with E-state index in [0.717, 1.165) is 16.8 Å². The van der Waals surface area contributed by atoms with Crippen LogP contribution in [0.25, 0.3) is 0 Å². The van der Waals surface area contributed by atoms with Gasteiger partial charge in [0.15, 0.2) is 5.13 Å². The molecule has 9 heteroatoms. The highest BCUT2D eigenvalue weighted by Crippen LogP contribution is 2.33. The van der Waals surface area contributed by atoms with Gasteiger partial charge in [0.05, 0.1) is 6.54 Å². The number of thiazole rings is 1. The number of hydrogen-bond acceptors (Lipinski definition) is 6. The van der Waals surface area contributed by atoms with Crippen LogP contribution in [-0.4, -0.2) is 31.4 Å². The Morgan fingerprint density at radius 1 is 1.17 bits per heavy atom. The molecule has 1 atom stereocenters. The Morgan fingerprint density at radius 2 is 1.90 bits per heavy atom. The lowest BCUT2D eigenvalue weighted by Crippen LogP contribution is -2.26. The van der Waals surface area contributed by atoms with Gasteiger partial charge in [0.2, 0.25) is 0 Å². The highest BCUT2D eigenvalue weighted by atomic mass is 32.2. The van der Waals surface area contributed by atoms with Gasteiger partial charge in [0.1, 0.15) is 5.69 Å². The van der Waals surface area contributed by atoms with Crippen LogP contribution in [0, 0.1) is 6.92 Å². The van der Waals surface area contributed by atoms with Crippen molar-refractivity contribution in [3.8, 4) is 0 Å². The van der Waals surface area contributed by atoms with Gasteiger partial charge in [-0.25, -0.2) is 13.9 Å². The lowest BCUT2D eigenvalue weighted by atomic mass is 10.1. The molecule has 7 nitrogen and oxygen atoms in total. The summed E-state index contributed by atoms with van der Waals surface area (Å²) >= 11 is -1.12. The molecular weight excluding hydrogens is 410 g/mol. The highest BCUT2D eigenvalue weighted by molar-refractivity contribution is 7.77. The van der Waals surface area contributed by atoms with Crippen LogP contribution in [0.1, 0.15) is 26.5 Å². The van der Waals surface area contributed by atoms with Crippen LogP contribution in [-0.2, 0) is 24.2 Å². The summed E-state index contributed by atoms with van der Waals surface area (Å²) in [6.07, 6.45) is 0.542. The van der Waals surface area contributed by atoms with E-state index in [0.29, 0.717) is 23.0 Å². The van der Waals surface area contributed by atoms with Crippen molar-refractivity contribution in [2.75, 3.05) is 11.5 Å². The maximum atomic E-state index is 12.2. The van der Waals surface area contributed by atoms with Crippen LogP contribution in [0.4, 0.5) is 10.8 Å². The van der Waals surface area contributed by atoms with Crippen molar-refractivity contribution in [2.45, 2.75) is 19.9 Å². The normalized spacial score (nSPS) is 11.8. The fraction of sp³-hybridized carbons (Fsp3) is 0.200. The second kappa shape index (κ2) is 9.75. The number of carbonyl (C=O) groups is 1. The van der Waals surface area contributed by atoms with E-state index in [-0.39, 0.29) is 12.3 Å². The SMILES string of the molecule is Cc1sc(N(Cc2ccccc2)c2cccc(CCO)c2)nc1C(=O)NS(=O)O. The van der Waals surface area contributed by atoms with Crippen LogP contribution in [0.2, 0.25) is 0 Å². The molecule has 3 aromatic rings. The average molecular weight is 432 g/mol. The summed E-state index contributed by atoms with van der Waals surface area (Å²) in [6, 6.07) is 17.7. The van der Waals surface area contributed by atoms with E-state index in [2.05, 4.69) is 4.98 Å². The Morgan fingerprint density at radius 3 is 2.59 bits per heavy atom. The zero-order chi connectivity index (χ0) is 20.8. The van der Waals surface area contributed by atoms with Gasteiger partial charge in [-0.1, -0.05) is 42.5 Å². The molecule has 0 saturated heterocycles. The monoisotopic (exact) mass is 431 g/mol. The first kappa shape index (κ1) is 21.1. The maximum absolute atomic E-state index is 12.2. The number of amides is 1. The molecule has 0 aliphatic carbocycles. The molecule has 0 bridgehead atoms. The zero-order valence-electron chi connectivity index (χ0n) is 15.7. The largest absolute Gasteiger partial charge is 0.396 e. The number of aromatic nitrogens is 1. The Hall–Kier alpha value is -2.59. The number of aliphatic hydroxyl groups excluding tert-OH is 1. The van der Waals surface area contributed by atoms with Gasteiger partial charge in [0, 0.05) is 17.2 Å². The van der Waals surface area contributed by atoms with Crippen molar-refractivity contribution in [1.82, 2.24) is 9.71 Å². The van der Waals surface area contributed by atoms with E-state index in [1.807, 2.05) is 64.2 Å². The molecule has 1 unspecified atom stereocenters. The Kier molecular flexibility index (Phi) is 7.10. The third-order valence-electron chi connectivity index (χ3n) is 4.22. The van der Waals surface area contributed by atoms with E-state index in [1.54, 1.807) is 6.92 Å². The molecule has 1 amide bonds. The molecule has 3 N–H and O–H groups in total. The highest BCUT2D eigenvalue weighted by Gasteiger charge is 2.21. The summed E-state index contributed by atoms with van der Waals surface area (Å²) in [5, 5.41) is 9.86. The van der Waals surface area contributed by atoms with Crippen molar-refractivity contribution in [3.63, 3.8) is 0 Å². The summed E-state index contributed by atoms with van der Waals surface area (Å²) in [7, 11) is 0. The maximum Gasteiger partial charge on any atom is 0.284 e. The quantitative estimate of drug-likeness (QED) is 0.474. The molecule has 152 valence electrons. The lowest BCUT2D eigenvalue weighted by molar-refractivity contribution is 0.0976. The molecule has 0 aliphatic rings. The topological polar surface area (TPSA) is 103 Å². The smallest absolute Gasteiger partial charge is 0.284 e. The molecule has 3 rings (SSSR count). The van der Waals surface area contributed by atoms with Gasteiger partial charge < -0.3 is 10.0 Å². The van der Waals surface area contributed by atoms with Crippen LogP contribution in [0.5, 0.6) is 0 Å². The van der Waals surface area contributed by atoms with Gasteiger partial charge in [-0.05, 0) is 36.6 Å². The van der Waals surface area contributed by atoms with Crippen molar-refractivity contribution in [2.24, 2.45) is 0 Å². The van der Waals surface area contributed by atoms with Crippen LogP contribution >= 0.6 is 11.3 Å². The summed E-state index contributed by atoms with van der Waals surface area (Å²) in [5.41, 5.74) is 3.06. The molecule has 0 fully saturated rings. The Labute approximate surface area is 175 Å². The standard InChI is InChI=1S/C20H21N3O4S2/c1-14-18(19(25)22-29(26)27)21-20(28-14)23(13-16-6-3-2-4-7-16)17-9-5-8-15(12-17)10-11-24/h2-9,12,24H,10-11,13H2,1H3,(H,22,25)(H,26,27). The fourth-order valence-electron chi connectivity index (χ4n) is 2.88. The molecule has 0 spiro atoms. The third kappa shape index (κ3) is 5.48. The van der Waals surface area contributed by atoms with Crippen molar-refractivity contribution in [3.05, 3.63) is 76.3 Å². The first-order valence-corrected chi connectivity index (χ1v) is 10.8. The van der Waals surface area contributed by atoms with Gasteiger partial charge >= 0.3 is 0 Å². The van der Waals surface area contributed by atoms with E-state index < -0.39 is 17.2 Å². The van der Waals surface area contributed by atoms with Gasteiger partial charge in [-0.2, -0.15) is 0 Å². The molecule has 0 aliphatic heterocycles. The number of rotatable bonds is 8. The summed E-state index contributed by atoms with van der Waals surface area (Å²) < 4.78 is 21.8. The van der Waals surface area contributed by atoms with Gasteiger partial charge in [-0.15, -0.1) is 11.3 Å². The van der Waals surface area contributed by atoms with E-state index in [9.17, 15) is 14.1 Å². The molecule has 2 aromatic carbocycles. The lowest BCUT2D eigenvalue weighted by Gasteiger charge is -2.23. The van der Waals surface area contributed by atoms with Gasteiger partial charge in [-0.3, -0.25) is 9.35 Å². The van der Waals surface area contributed by atoms with E-state index in [1.165, 1.54) is 11.3 Å². The van der Waals surface area contributed by atoms with Crippen molar-refractivity contribution in [1.29, 1.82) is 0 Å². The number of nitrogens with zero attached hydrogens (tertiary/aromatic N) is 2. The number of aliphatic hydroxyl groups is 1. The van der Waals surface area contributed by atoms with Crippen LogP contribution < -0.4 is 9.62 Å². The minimum atomic E-state index is -2.45. The average Bonchev–Trinajstić information content (AvgIpc) is 3.08. The number of anilines is 2. The summed E-state index contributed by atoms with van der Waals surface area (Å²) in [5.74, 6) is -0.695. The molecule has 0 saturated carbocycles. The number of nitrogens with one attached hydrogen (secondary N) is 1.